The van der Waals surface area contributed by atoms with Crippen LogP contribution < -0.4 is 0 Å². The average molecular weight is 471 g/mol. The lowest BCUT2D eigenvalue weighted by atomic mass is 9.86. The fraction of sp³-hybridized carbons (Fsp3) is 0.179. The summed E-state index contributed by atoms with van der Waals surface area (Å²) in [6.07, 6.45) is 1.48. The van der Waals surface area contributed by atoms with Gasteiger partial charge in [0.2, 0.25) is 6.79 Å². The summed E-state index contributed by atoms with van der Waals surface area (Å²) >= 11 is 0. The summed E-state index contributed by atoms with van der Waals surface area (Å²) in [5.41, 5.74) is 3.45. The van der Waals surface area contributed by atoms with E-state index in [9.17, 15) is 18.8 Å². The van der Waals surface area contributed by atoms with Gasteiger partial charge < -0.3 is 9.47 Å². The molecule has 0 spiro atoms. The summed E-state index contributed by atoms with van der Waals surface area (Å²) in [5, 5.41) is 0.937. The highest BCUT2D eigenvalue weighted by atomic mass is 19.1. The van der Waals surface area contributed by atoms with Gasteiger partial charge in [0, 0.05) is 16.6 Å². The van der Waals surface area contributed by atoms with Gasteiger partial charge in [-0.25, -0.2) is 9.18 Å². The van der Waals surface area contributed by atoms with Crippen molar-refractivity contribution in [1.29, 1.82) is 0 Å². The number of carbonyl (C=O) groups excluding carboxylic acids is 3. The summed E-state index contributed by atoms with van der Waals surface area (Å²) in [6, 6.07) is 21.7. The second kappa shape index (κ2) is 9.54. The van der Waals surface area contributed by atoms with Crippen molar-refractivity contribution in [1.82, 2.24) is 4.57 Å². The van der Waals surface area contributed by atoms with E-state index in [4.69, 9.17) is 9.47 Å². The van der Waals surface area contributed by atoms with Crippen molar-refractivity contribution >= 4 is 28.7 Å². The average Bonchev–Trinajstić information content (AvgIpc) is 3.22. The van der Waals surface area contributed by atoms with E-state index in [2.05, 4.69) is 0 Å². The van der Waals surface area contributed by atoms with E-state index in [1.807, 2.05) is 42.5 Å². The minimum atomic E-state index is -0.703. The molecule has 0 aliphatic heterocycles. The Balaban J connectivity index is 1.31. The highest BCUT2D eigenvalue weighted by Crippen LogP contribution is 2.35. The SMILES string of the molecule is O=C(OCOC(=O)C1CCc2c(c3ccccc3n2C(=O)c2ccccc2)C1)c1ccc(F)cc1. The third kappa shape index (κ3) is 4.45. The molecule has 1 aliphatic rings. The molecule has 1 atom stereocenters. The molecular weight excluding hydrogens is 449 g/mol. The molecule has 0 bridgehead atoms. The molecule has 0 N–H and O–H groups in total. The second-order valence-corrected chi connectivity index (χ2v) is 8.41. The molecule has 3 aromatic carbocycles. The van der Waals surface area contributed by atoms with Crippen molar-refractivity contribution in [3.05, 3.63) is 107 Å². The molecule has 7 heteroatoms. The summed E-state index contributed by atoms with van der Waals surface area (Å²) < 4.78 is 25.0. The lowest BCUT2D eigenvalue weighted by Gasteiger charge is -2.22. The third-order valence-electron chi connectivity index (χ3n) is 6.30. The van der Waals surface area contributed by atoms with E-state index < -0.39 is 30.5 Å². The van der Waals surface area contributed by atoms with Gasteiger partial charge in [-0.3, -0.25) is 14.2 Å². The fourth-order valence-electron chi connectivity index (χ4n) is 4.58. The largest absolute Gasteiger partial charge is 0.428 e. The molecule has 1 aliphatic carbocycles. The number of rotatable bonds is 5. The maximum Gasteiger partial charge on any atom is 0.341 e. The first-order valence-electron chi connectivity index (χ1n) is 11.3. The van der Waals surface area contributed by atoms with Crippen LogP contribution in [0.25, 0.3) is 10.9 Å². The number of esters is 2. The number of halogens is 1. The quantitative estimate of drug-likeness (QED) is 0.305. The van der Waals surface area contributed by atoms with Gasteiger partial charge in [-0.2, -0.15) is 0 Å². The Morgan fingerprint density at radius 3 is 2.34 bits per heavy atom. The second-order valence-electron chi connectivity index (χ2n) is 8.41. The van der Waals surface area contributed by atoms with Crippen LogP contribution in [0.5, 0.6) is 0 Å². The zero-order chi connectivity index (χ0) is 24.4. The fourth-order valence-corrected chi connectivity index (χ4v) is 4.58. The van der Waals surface area contributed by atoms with E-state index in [0.29, 0.717) is 24.8 Å². The van der Waals surface area contributed by atoms with E-state index in [1.54, 1.807) is 16.7 Å². The Morgan fingerprint density at radius 2 is 1.57 bits per heavy atom. The molecule has 1 aromatic heterocycles. The van der Waals surface area contributed by atoms with Crippen molar-refractivity contribution < 1.29 is 28.2 Å². The Bertz CT molecular complexity index is 1410. The van der Waals surface area contributed by atoms with E-state index in [1.165, 1.54) is 12.1 Å². The smallest absolute Gasteiger partial charge is 0.341 e. The molecule has 5 rings (SSSR count). The number of nitrogens with zero attached hydrogens (tertiary/aromatic N) is 1. The van der Waals surface area contributed by atoms with Crippen LogP contribution in [0.3, 0.4) is 0 Å². The molecule has 0 fully saturated rings. The zero-order valence-electron chi connectivity index (χ0n) is 18.8. The monoisotopic (exact) mass is 471 g/mol. The van der Waals surface area contributed by atoms with E-state index in [0.717, 1.165) is 34.3 Å². The number of hydrogen-bond donors (Lipinski definition) is 0. The minimum Gasteiger partial charge on any atom is -0.428 e. The standard InChI is InChI=1S/C28H22FNO5/c29-21-13-10-19(11-14-21)27(32)34-17-35-28(33)20-12-15-25-23(16-20)22-8-4-5-9-24(22)30(25)26(31)18-6-2-1-3-7-18/h1-11,13-14,20H,12,15-17H2. The van der Waals surface area contributed by atoms with Crippen molar-refractivity contribution in [3.63, 3.8) is 0 Å². The van der Waals surface area contributed by atoms with Crippen LogP contribution in [0.15, 0.2) is 78.9 Å². The molecule has 35 heavy (non-hydrogen) atoms. The van der Waals surface area contributed by atoms with Crippen LogP contribution in [0.1, 0.15) is 38.4 Å². The normalized spacial score (nSPS) is 14.8. The summed E-state index contributed by atoms with van der Waals surface area (Å²) in [6.45, 7) is -0.521. The predicted molar refractivity (Wildman–Crippen MR) is 126 cm³/mol. The number of benzene rings is 3. The van der Waals surface area contributed by atoms with Crippen LogP contribution in [0, 0.1) is 11.7 Å². The Kier molecular flexibility index (Phi) is 6.14. The van der Waals surface area contributed by atoms with Crippen LogP contribution >= 0.6 is 0 Å². The maximum absolute atomic E-state index is 13.4. The first kappa shape index (κ1) is 22.5. The van der Waals surface area contributed by atoms with Crippen LogP contribution in [-0.2, 0) is 27.1 Å². The van der Waals surface area contributed by atoms with Gasteiger partial charge in [0.05, 0.1) is 17.0 Å². The lowest BCUT2D eigenvalue weighted by molar-refractivity contribution is -0.157. The first-order chi connectivity index (χ1) is 17.0. The number of hydrogen-bond acceptors (Lipinski definition) is 5. The molecule has 4 aromatic rings. The van der Waals surface area contributed by atoms with Crippen molar-refractivity contribution in [2.45, 2.75) is 19.3 Å². The Hall–Kier alpha value is -4.26. The molecule has 0 radical (unpaired) electrons. The summed E-state index contributed by atoms with van der Waals surface area (Å²) in [7, 11) is 0. The summed E-state index contributed by atoms with van der Waals surface area (Å²) in [5.74, 6) is -2.15. The highest BCUT2D eigenvalue weighted by Gasteiger charge is 2.32. The highest BCUT2D eigenvalue weighted by molar-refractivity contribution is 6.04. The third-order valence-corrected chi connectivity index (χ3v) is 6.30. The van der Waals surface area contributed by atoms with E-state index in [-0.39, 0.29) is 11.5 Å². The number of fused-ring (bicyclic) bond motifs is 3. The van der Waals surface area contributed by atoms with Gasteiger partial charge in [0.15, 0.2) is 0 Å². The van der Waals surface area contributed by atoms with Gasteiger partial charge >= 0.3 is 11.9 Å². The zero-order valence-corrected chi connectivity index (χ0v) is 18.8. The molecule has 0 amide bonds. The van der Waals surface area contributed by atoms with Gasteiger partial charge in [-0.1, -0.05) is 36.4 Å². The molecule has 176 valence electrons. The number of aromatic nitrogens is 1. The molecule has 0 saturated heterocycles. The molecule has 6 nitrogen and oxygen atoms in total. The van der Waals surface area contributed by atoms with Crippen molar-refractivity contribution in [3.8, 4) is 0 Å². The van der Waals surface area contributed by atoms with Gasteiger partial charge in [0.25, 0.3) is 5.91 Å². The molecule has 1 unspecified atom stereocenters. The van der Waals surface area contributed by atoms with Gasteiger partial charge in [-0.05, 0) is 67.3 Å². The van der Waals surface area contributed by atoms with Gasteiger partial charge in [0.1, 0.15) is 5.82 Å². The van der Waals surface area contributed by atoms with Gasteiger partial charge in [-0.15, -0.1) is 0 Å². The molecule has 0 saturated carbocycles. The topological polar surface area (TPSA) is 74.6 Å². The molecular formula is C28H22FNO5. The predicted octanol–water partition coefficient (Wildman–Crippen LogP) is 4.93. The van der Waals surface area contributed by atoms with Crippen LogP contribution in [0.2, 0.25) is 0 Å². The Morgan fingerprint density at radius 1 is 0.857 bits per heavy atom. The minimum absolute atomic E-state index is 0.100. The van der Waals surface area contributed by atoms with Crippen molar-refractivity contribution in [2.75, 3.05) is 6.79 Å². The number of ether oxygens (including phenoxy) is 2. The van der Waals surface area contributed by atoms with Crippen molar-refractivity contribution in [2.24, 2.45) is 5.92 Å². The first-order valence-corrected chi connectivity index (χ1v) is 11.3. The maximum atomic E-state index is 13.4. The van der Waals surface area contributed by atoms with Crippen LogP contribution in [-0.4, -0.2) is 29.2 Å². The van der Waals surface area contributed by atoms with E-state index >= 15 is 0 Å². The Labute approximate surface area is 200 Å². The molecule has 1 heterocycles. The lowest BCUT2D eigenvalue weighted by Crippen LogP contribution is -2.27. The number of carbonyl (C=O) groups is 3. The summed E-state index contributed by atoms with van der Waals surface area (Å²) in [4.78, 5) is 38.1. The number of para-hydroxylation sites is 1. The van der Waals surface area contributed by atoms with Crippen LogP contribution in [0.4, 0.5) is 4.39 Å².